The number of hydrogen-bond donors (Lipinski definition) is 3. The third kappa shape index (κ3) is 49.6. The molecule has 0 aromatic rings. The van der Waals surface area contributed by atoms with E-state index in [9.17, 15) is 19.4 Å². The summed E-state index contributed by atoms with van der Waals surface area (Å²) in [4.78, 5) is 23.1. The Hall–Kier alpha value is -2.32. The van der Waals surface area contributed by atoms with Crippen molar-refractivity contribution in [1.82, 2.24) is 5.32 Å². The molecule has 382 valence electrons. The van der Waals surface area contributed by atoms with Crippen molar-refractivity contribution in [2.24, 2.45) is 0 Å². The number of aliphatic hydroxyl groups excluding tert-OH is 1. The van der Waals surface area contributed by atoms with Crippen LogP contribution in [-0.2, 0) is 18.4 Å². The van der Waals surface area contributed by atoms with Gasteiger partial charge in [-0.05, 0) is 70.6 Å². The number of rotatable bonds is 48. The lowest BCUT2D eigenvalue weighted by atomic mass is 10.0. The van der Waals surface area contributed by atoms with Crippen molar-refractivity contribution < 1.29 is 32.9 Å². The predicted molar refractivity (Wildman–Crippen MR) is 286 cm³/mol. The Balaban J connectivity index is 4.26. The number of aliphatic hydroxyl groups is 1. The Morgan fingerprint density at radius 3 is 1.38 bits per heavy atom. The summed E-state index contributed by atoms with van der Waals surface area (Å²) in [5.74, 6) is -0.273. The van der Waals surface area contributed by atoms with Crippen LogP contribution in [0, 0.1) is 0 Å². The molecule has 0 spiro atoms. The normalized spacial score (nSPS) is 14.7. The van der Waals surface area contributed by atoms with Gasteiger partial charge >= 0.3 is 7.82 Å². The highest BCUT2D eigenvalue weighted by atomic mass is 31.2. The van der Waals surface area contributed by atoms with Gasteiger partial charge in [0.05, 0.1) is 39.9 Å². The van der Waals surface area contributed by atoms with E-state index in [4.69, 9.17) is 9.05 Å². The SMILES string of the molecule is CC/C=C\C/C=C\C/C=C\C/C=C\CCC(=O)NC(COP(=O)(O)OCC[N+](C)(C)C)C(O)/C=C/CC/C=C/CC/C=C/CCCCCCCCCCCCCCCCCCCCCCC. The molecular formula is C57H104N2O6P+. The molecule has 0 heterocycles. The second-order valence-corrected chi connectivity index (χ2v) is 20.7. The highest BCUT2D eigenvalue weighted by Crippen LogP contribution is 2.43. The average Bonchev–Trinajstić information content (AvgIpc) is 3.28. The Labute approximate surface area is 407 Å². The van der Waals surface area contributed by atoms with Crippen LogP contribution in [0.2, 0.25) is 0 Å². The zero-order chi connectivity index (χ0) is 48.5. The molecule has 0 aliphatic rings. The Morgan fingerprint density at radius 2 is 0.924 bits per heavy atom. The number of phosphoric ester groups is 1. The maximum atomic E-state index is 12.8. The Bertz CT molecular complexity index is 1350. The van der Waals surface area contributed by atoms with E-state index in [1.54, 1.807) is 6.08 Å². The molecule has 1 amide bonds. The van der Waals surface area contributed by atoms with Crippen LogP contribution in [0.3, 0.4) is 0 Å². The first-order valence-corrected chi connectivity index (χ1v) is 28.5. The molecule has 3 N–H and O–H groups in total. The Morgan fingerprint density at radius 1 is 0.530 bits per heavy atom. The number of hydrogen-bond acceptors (Lipinski definition) is 5. The van der Waals surface area contributed by atoms with E-state index in [1.165, 1.54) is 141 Å². The lowest BCUT2D eigenvalue weighted by molar-refractivity contribution is -0.870. The number of likely N-dealkylation sites (N-methyl/N-ethyl adjacent to an activating group) is 1. The summed E-state index contributed by atoms with van der Waals surface area (Å²) in [6.07, 6.45) is 67.3. The fourth-order valence-corrected chi connectivity index (χ4v) is 8.11. The van der Waals surface area contributed by atoms with E-state index in [2.05, 4.69) is 79.9 Å². The molecule has 3 unspecified atom stereocenters. The van der Waals surface area contributed by atoms with Crippen LogP contribution in [0.25, 0.3) is 0 Å². The van der Waals surface area contributed by atoms with Gasteiger partial charge in [-0.3, -0.25) is 13.8 Å². The molecular weight excluding hydrogens is 840 g/mol. The highest BCUT2D eigenvalue weighted by Gasteiger charge is 2.27. The maximum Gasteiger partial charge on any atom is 0.472 e. The van der Waals surface area contributed by atoms with Gasteiger partial charge in [0.1, 0.15) is 13.2 Å². The number of quaternary nitrogens is 1. The van der Waals surface area contributed by atoms with E-state index in [1.807, 2.05) is 39.4 Å². The highest BCUT2D eigenvalue weighted by molar-refractivity contribution is 7.47. The van der Waals surface area contributed by atoms with Crippen molar-refractivity contribution in [2.75, 3.05) is 40.9 Å². The number of allylic oxidation sites excluding steroid dienone is 13. The number of nitrogens with zero attached hydrogens (tertiary/aromatic N) is 1. The number of carbonyl (C=O) groups is 1. The van der Waals surface area contributed by atoms with Gasteiger partial charge in [-0.25, -0.2) is 4.57 Å². The van der Waals surface area contributed by atoms with Gasteiger partial charge in [-0.2, -0.15) is 0 Å². The van der Waals surface area contributed by atoms with Crippen LogP contribution in [0.4, 0.5) is 0 Å². The van der Waals surface area contributed by atoms with E-state index in [0.29, 0.717) is 17.4 Å². The monoisotopic (exact) mass is 944 g/mol. The predicted octanol–water partition coefficient (Wildman–Crippen LogP) is 16.1. The quantitative estimate of drug-likeness (QED) is 0.0243. The summed E-state index contributed by atoms with van der Waals surface area (Å²) in [6.45, 7) is 4.61. The molecule has 0 fully saturated rings. The van der Waals surface area contributed by atoms with E-state index in [-0.39, 0.29) is 25.5 Å². The first-order valence-electron chi connectivity index (χ1n) is 27.0. The lowest BCUT2D eigenvalue weighted by Gasteiger charge is -2.25. The minimum Gasteiger partial charge on any atom is -0.387 e. The molecule has 0 aliphatic carbocycles. The zero-order valence-electron chi connectivity index (χ0n) is 43.4. The third-order valence-corrected chi connectivity index (χ3v) is 12.6. The number of unbranched alkanes of at least 4 members (excludes halogenated alkanes) is 23. The van der Waals surface area contributed by atoms with Crippen LogP contribution in [0.1, 0.15) is 219 Å². The van der Waals surface area contributed by atoms with Crippen LogP contribution in [0.15, 0.2) is 85.1 Å². The second kappa shape index (κ2) is 47.7. The Kier molecular flexibility index (Phi) is 46.1. The smallest absolute Gasteiger partial charge is 0.387 e. The van der Waals surface area contributed by atoms with E-state index < -0.39 is 20.0 Å². The average molecular weight is 944 g/mol. The van der Waals surface area contributed by atoms with Crippen molar-refractivity contribution >= 4 is 13.7 Å². The molecule has 3 atom stereocenters. The fourth-order valence-electron chi connectivity index (χ4n) is 7.38. The van der Waals surface area contributed by atoms with Crippen molar-refractivity contribution in [1.29, 1.82) is 0 Å². The molecule has 0 bridgehead atoms. The minimum absolute atomic E-state index is 0.0368. The topological polar surface area (TPSA) is 105 Å². The molecule has 66 heavy (non-hydrogen) atoms. The van der Waals surface area contributed by atoms with Crippen molar-refractivity contribution in [3.8, 4) is 0 Å². The molecule has 9 heteroatoms. The lowest BCUT2D eigenvalue weighted by Crippen LogP contribution is -2.45. The number of nitrogens with one attached hydrogen (secondary N) is 1. The first kappa shape index (κ1) is 63.7. The summed E-state index contributed by atoms with van der Waals surface area (Å²) >= 11 is 0. The summed E-state index contributed by atoms with van der Waals surface area (Å²) < 4.78 is 23.5. The van der Waals surface area contributed by atoms with E-state index in [0.717, 1.165) is 51.4 Å². The standard InChI is InChI=1S/C57H103N2O6P/c1-6-8-10-12-14-16-18-20-21-22-23-24-25-26-27-28-29-30-31-32-33-34-35-36-37-39-40-42-44-46-48-50-56(60)55(54-65-66(62,63)64-53-52-59(3,4)5)58-57(61)51-49-47-45-43-41-38-19-17-15-13-11-9-7-2/h9,11,15,17,35-36,38,40-42,45,47-48,50,55-56,60H,6-8,10,12-14,16,18-34,37,39,43-44,46,49,51-54H2,1-5H3,(H-,58,61,62,63)/p+1/b11-9-,17-15-,36-35+,41-38-,42-40+,47-45-,50-48+. The van der Waals surface area contributed by atoms with Gasteiger partial charge in [-0.1, -0.05) is 227 Å². The molecule has 0 rings (SSSR count). The summed E-state index contributed by atoms with van der Waals surface area (Å²) in [7, 11) is 1.49. The van der Waals surface area contributed by atoms with Gasteiger partial charge in [-0.15, -0.1) is 0 Å². The molecule has 0 saturated carbocycles. The molecule has 0 aliphatic heterocycles. The largest absolute Gasteiger partial charge is 0.472 e. The molecule has 0 aromatic heterocycles. The van der Waals surface area contributed by atoms with Gasteiger partial charge < -0.3 is 19.8 Å². The number of carbonyl (C=O) groups excluding carboxylic acids is 1. The zero-order valence-corrected chi connectivity index (χ0v) is 44.3. The van der Waals surface area contributed by atoms with Gasteiger partial charge in [0, 0.05) is 6.42 Å². The van der Waals surface area contributed by atoms with Gasteiger partial charge in [0.25, 0.3) is 0 Å². The molecule has 0 saturated heterocycles. The summed E-state index contributed by atoms with van der Waals surface area (Å²) in [5, 5.41) is 13.8. The first-order chi connectivity index (χ1) is 32.0. The van der Waals surface area contributed by atoms with Crippen molar-refractivity contribution in [3.05, 3.63) is 85.1 Å². The van der Waals surface area contributed by atoms with Crippen LogP contribution < -0.4 is 5.32 Å². The van der Waals surface area contributed by atoms with Gasteiger partial charge in [0.15, 0.2) is 0 Å². The van der Waals surface area contributed by atoms with Crippen molar-refractivity contribution in [3.63, 3.8) is 0 Å². The number of phosphoric acid groups is 1. The van der Waals surface area contributed by atoms with Crippen LogP contribution >= 0.6 is 7.82 Å². The minimum atomic E-state index is -4.38. The molecule has 8 nitrogen and oxygen atoms in total. The van der Waals surface area contributed by atoms with Crippen LogP contribution in [0.5, 0.6) is 0 Å². The fraction of sp³-hybridized carbons (Fsp3) is 0.737. The molecule has 0 radical (unpaired) electrons. The van der Waals surface area contributed by atoms with Gasteiger partial charge in [0.2, 0.25) is 5.91 Å². The number of amides is 1. The van der Waals surface area contributed by atoms with E-state index >= 15 is 0 Å². The summed E-state index contributed by atoms with van der Waals surface area (Å²) in [6, 6.07) is -0.912. The summed E-state index contributed by atoms with van der Waals surface area (Å²) in [5.41, 5.74) is 0. The third-order valence-electron chi connectivity index (χ3n) is 11.6. The van der Waals surface area contributed by atoms with Crippen LogP contribution in [-0.4, -0.2) is 73.4 Å². The van der Waals surface area contributed by atoms with Crippen molar-refractivity contribution in [2.45, 2.75) is 231 Å². The molecule has 0 aromatic carbocycles. The maximum absolute atomic E-state index is 12.8. The second-order valence-electron chi connectivity index (χ2n) is 19.2.